The molecule has 2 amide bonds. The number of ether oxygens (including phenoxy) is 1. The standard InChI is InChI=1S/C27H34N2O5/c1-3-5-10-19(15-25(30)28-16-18(4-2)26(31)32)29-27(33)34-17-24-22-13-8-6-11-20(22)21-12-7-9-14-23(21)24/h6-9,11-14,18-19,24H,3-5,10,15-17H2,1-2H3,(H,28,30)(H,29,33)(H,31,32)/t18?,19-/m1/s1. The summed E-state index contributed by atoms with van der Waals surface area (Å²) in [5, 5.41) is 14.7. The molecule has 0 radical (unpaired) electrons. The molecule has 0 bridgehead atoms. The molecule has 1 unspecified atom stereocenters. The Morgan fingerprint density at radius 2 is 1.62 bits per heavy atom. The van der Waals surface area contributed by atoms with Gasteiger partial charge in [0.05, 0.1) is 5.92 Å². The molecule has 0 saturated heterocycles. The van der Waals surface area contributed by atoms with Gasteiger partial charge in [-0.1, -0.05) is 75.2 Å². The normalized spacial score (nSPS) is 13.9. The largest absolute Gasteiger partial charge is 0.481 e. The lowest BCUT2D eigenvalue weighted by Gasteiger charge is -2.20. The molecule has 0 spiro atoms. The number of unbranched alkanes of at least 4 members (excludes halogenated alkanes) is 1. The molecule has 34 heavy (non-hydrogen) atoms. The molecule has 0 heterocycles. The maximum Gasteiger partial charge on any atom is 0.407 e. The topological polar surface area (TPSA) is 105 Å². The average Bonchev–Trinajstić information content (AvgIpc) is 3.15. The van der Waals surface area contributed by atoms with Crippen molar-refractivity contribution >= 4 is 18.0 Å². The van der Waals surface area contributed by atoms with Crippen LogP contribution >= 0.6 is 0 Å². The van der Waals surface area contributed by atoms with Crippen LogP contribution in [0.3, 0.4) is 0 Å². The van der Waals surface area contributed by atoms with E-state index in [1.54, 1.807) is 6.92 Å². The van der Waals surface area contributed by atoms with Gasteiger partial charge >= 0.3 is 12.1 Å². The van der Waals surface area contributed by atoms with Crippen molar-refractivity contribution in [3.05, 3.63) is 59.7 Å². The van der Waals surface area contributed by atoms with E-state index in [0.717, 1.165) is 35.1 Å². The molecular weight excluding hydrogens is 432 g/mol. The van der Waals surface area contributed by atoms with Crippen LogP contribution in [0.4, 0.5) is 4.79 Å². The van der Waals surface area contributed by atoms with Crippen LogP contribution in [-0.4, -0.2) is 42.3 Å². The quantitative estimate of drug-likeness (QED) is 0.421. The molecule has 182 valence electrons. The summed E-state index contributed by atoms with van der Waals surface area (Å²) in [6, 6.07) is 15.9. The van der Waals surface area contributed by atoms with Crippen molar-refractivity contribution in [2.24, 2.45) is 5.92 Å². The minimum Gasteiger partial charge on any atom is -0.481 e. The summed E-state index contributed by atoms with van der Waals surface area (Å²) in [5.41, 5.74) is 4.61. The van der Waals surface area contributed by atoms with Crippen LogP contribution < -0.4 is 10.6 Å². The Balaban J connectivity index is 1.57. The minimum absolute atomic E-state index is 0.0301. The van der Waals surface area contributed by atoms with Gasteiger partial charge in [0.1, 0.15) is 6.61 Å². The number of carbonyl (C=O) groups excluding carboxylic acids is 2. The number of carboxylic acids is 1. The number of hydrogen-bond donors (Lipinski definition) is 3. The van der Waals surface area contributed by atoms with Crippen molar-refractivity contribution in [2.45, 2.75) is 57.9 Å². The molecule has 2 aromatic rings. The van der Waals surface area contributed by atoms with E-state index in [2.05, 4.69) is 34.9 Å². The van der Waals surface area contributed by atoms with Crippen LogP contribution in [0.15, 0.2) is 48.5 Å². The fourth-order valence-electron chi connectivity index (χ4n) is 4.42. The summed E-state index contributed by atoms with van der Waals surface area (Å²) in [4.78, 5) is 36.2. The van der Waals surface area contributed by atoms with E-state index >= 15 is 0 Å². The highest BCUT2D eigenvalue weighted by Crippen LogP contribution is 2.44. The number of fused-ring (bicyclic) bond motifs is 3. The van der Waals surface area contributed by atoms with E-state index in [0.29, 0.717) is 12.8 Å². The zero-order valence-electron chi connectivity index (χ0n) is 19.9. The van der Waals surface area contributed by atoms with E-state index in [1.807, 2.05) is 31.2 Å². The number of carboxylic acid groups (broad SMARTS) is 1. The molecule has 1 aliphatic rings. The number of rotatable bonds is 12. The van der Waals surface area contributed by atoms with E-state index < -0.39 is 18.0 Å². The second-order valence-corrected chi connectivity index (χ2v) is 8.76. The maximum atomic E-state index is 12.6. The highest BCUT2D eigenvalue weighted by molar-refractivity contribution is 5.80. The van der Waals surface area contributed by atoms with Gasteiger partial charge in [-0.15, -0.1) is 0 Å². The Morgan fingerprint density at radius 3 is 2.18 bits per heavy atom. The summed E-state index contributed by atoms with van der Waals surface area (Å²) in [5.74, 6) is -1.85. The first-order valence-electron chi connectivity index (χ1n) is 12.1. The lowest BCUT2D eigenvalue weighted by atomic mass is 9.98. The van der Waals surface area contributed by atoms with Crippen LogP contribution in [0.5, 0.6) is 0 Å². The van der Waals surface area contributed by atoms with Crippen LogP contribution in [0, 0.1) is 5.92 Å². The van der Waals surface area contributed by atoms with E-state index in [4.69, 9.17) is 9.84 Å². The smallest absolute Gasteiger partial charge is 0.407 e. The van der Waals surface area contributed by atoms with Gasteiger partial charge in [0.2, 0.25) is 5.91 Å². The van der Waals surface area contributed by atoms with Crippen molar-refractivity contribution in [1.29, 1.82) is 0 Å². The molecule has 0 fully saturated rings. The van der Waals surface area contributed by atoms with Crippen molar-refractivity contribution in [3.8, 4) is 11.1 Å². The maximum absolute atomic E-state index is 12.6. The number of carbonyl (C=O) groups is 3. The summed E-state index contributed by atoms with van der Waals surface area (Å²) >= 11 is 0. The van der Waals surface area contributed by atoms with Crippen LogP contribution in [0.25, 0.3) is 11.1 Å². The van der Waals surface area contributed by atoms with Crippen molar-refractivity contribution < 1.29 is 24.2 Å². The van der Waals surface area contributed by atoms with Gasteiger partial charge < -0.3 is 20.5 Å². The fourth-order valence-corrected chi connectivity index (χ4v) is 4.42. The highest BCUT2D eigenvalue weighted by Gasteiger charge is 2.29. The zero-order chi connectivity index (χ0) is 24.5. The third-order valence-electron chi connectivity index (χ3n) is 6.39. The molecule has 0 saturated carbocycles. The van der Waals surface area contributed by atoms with E-state index in [-0.39, 0.29) is 37.4 Å². The molecule has 7 nitrogen and oxygen atoms in total. The summed E-state index contributed by atoms with van der Waals surface area (Å²) in [6.07, 6.45) is 2.40. The first-order chi connectivity index (χ1) is 16.4. The number of aliphatic carboxylic acids is 1. The Labute approximate surface area is 200 Å². The Hall–Kier alpha value is -3.35. The summed E-state index contributed by atoms with van der Waals surface area (Å²) < 4.78 is 5.62. The number of benzene rings is 2. The molecular formula is C27H34N2O5. The van der Waals surface area contributed by atoms with Gasteiger partial charge in [0.25, 0.3) is 0 Å². The molecule has 3 rings (SSSR count). The number of amides is 2. The number of nitrogens with one attached hydrogen (secondary N) is 2. The molecule has 1 aliphatic carbocycles. The number of hydrogen-bond acceptors (Lipinski definition) is 4. The Kier molecular flexibility index (Phi) is 9.08. The van der Waals surface area contributed by atoms with E-state index in [9.17, 15) is 14.4 Å². The lowest BCUT2D eigenvalue weighted by Crippen LogP contribution is -2.41. The van der Waals surface area contributed by atoms with Crippen LogP contribution in [0.1, 0.15) is 63.0 Å². The Morgan fingerprint density at radius 1 is 1.00 bits per heavy atom. The van der Waals surface area contributed by atoms with Crippen LogP contribution in [-0.2, 0) is 14.3 Å². The fraction of sp³-hybridized carbons (Fsp3) is 0.444. The monoisotopic (exact) mass is 466 g/mol. The SMILES string of the molecule is CCCC[C@H](CC(=O)NCC(CC)C(=O)O)NC(=O)OCC1c2ccccc2-c2ccccc21. The minimum atomic E-state index is -0.929. The predicted molar refractivity (Wildman–Crippen MR) is 131 cm³/mol. The molecule has 7 heteroatoms. The van der Waals surface area contributed by atoms with Gasteiger partial charge in [-0.3, -0.25) is 9.59 Å². The summed E-state index contributed by atoms with van der Waals surface area (Å²) in [6.45, 7) is 4.11. The predicted octanol–water partition coefficient (Wildman–Crippen LogP) is 4.70. The molecule has 3 N–H and O–H groups in total. The molecule has 0 aromatic heterocycles. The highest BCUT2D eigenvalue weighted by atomic mass is 16.5. The van der Waals surface area contributed by atoms with Gasteiger partial charge in [-0.2, -0.15) is 0 Å². The second kappa shape index (κ2) is 12.2. The zero-order valence-corrected chi connectivity index (χ0v) is 19.9. The summed E-state index contributed by atoms with van der Waals surface area (Å²) in [7, 11) is 0. The van der Waals surface area contributed by atoms with Crippen molar-refractivity contribution in [2.75, 3.05) is 13.2 Å². The third-order valence-corrected chi connectivity index (χ3v) is 6.39. The Bertz CT molecular complexity index is 961. The lowest BCUT2D eigenvalue weighted by molar-refractivity contribution is -0.141. The van der Waals surface area contributed by atoms with Crippen LogP contribution in [0.2, 0.25) is 0 Å². The van der Waals surface area contributed by atoms with Gasteiger partial charge in [-0.25, -0.2) is 4.79 Å². The molecule has 2 aromatic carbocycles. The van der Waals surface area contributed by atoms with Crippen molar-refractivity contribution in [3.63, 3.8) is 0 Å². The first-order valence-corrected chi connectivity index (χ1v) is 12.1. The molecule has 0 aliphatic heterocycles. The van der Waals surface area contributed by atoms with Gasteiger partial charge in [0, 0.05) is 24.9 Å². The first kappa shape index (κ1) is 25.3. The molecule has 2 atom stereocenters. The number of alkyl carbamates (subject to hydrolysis) is 1. The second-order valence-electron chi connectivity index (χ2n) is 8.76. The van der Waals surface area contributed by atoms with Crippen molar-refractivity contribution in [1.82, 2.24) is 10.6 Å². The third kappa shape index (κ3) is 6.37. The van der Waals surface area contributed by atoms with Gasteiger partial charge in [-0.05, 0) is 35.1 Å². The van der Waals surface area contributed by atoms with E-state index in [1.165, 1.54) is 0 Å². The van der Waals surface area contributed by atoms with Gasteiger partial charge in [0.15, 0.2) is 0 Å². The average molecular weight is 467 g/mol.